The molecule has 0 bridgehead atoms. The molecule has 0 heteroatoms. The molecule has 1 atom stereocenters. The second-order valence-corrected chi connectivity index (χ2v) is 5.89. The summed E-state index contributed by atoms with van der Waals surface area (Å²) >= 11 is 0. The van der Waals surface area contributed by atoms with Gasteiger partial charge >= 0.3 is 0 Å². The van der Waals surface area contributed by atoms with E-state index in [1.54, 1.807) is 0 Å². The summed E-state index contributed by atoms with van der Waals surface area (Å²) in [6.07, 6.45) is 19.8. The van der Waals surface area contributed by atoms with Crippen LogP contribution in [0.5, 0.6) is 0 Å². The molecule has 1 unspecified atom stereocenters. The van der Waals surface area contributed by atoms with Crippen LogP contribution in [0, 0.1) is 12.8 Å². The summed E-state index contributed by atoms with van der Waals surface area (Å²) in [5.41, 5.74) is 0. The zero-order valence-corrected chi connectivity index (χ0v) is 13.2. The van der Waals surface area contributed by atoms with Crippen LogP contribution in [0.4, 0.5) is 0 Å². The van der Waals surface area contributed by atoms with E-state index in [0.29, 0.717) is 0 Å². The molecule has 0 rings (SSSR count). The first kappa shape index (κ1) is 18.0. The third-order valence-corrected chi connectivity index (χ3v) is 4.16. The van der Waals surface area contributed by atoms with Crippen molar-refractivity contribution >= 4 is 0 Å². The van der Waals surface area contributed by atoms with Gasteiger partial charge in [0.05, 0.1) is 0 Å². The first-order chi connectivity index (χ1) is 8.85. The van der Waals surface area contributed by atoms with Crippen LogP contribution in [0.3, 0.4) is 0 Å². The first-order valence-electron chi connectivity index (χ1n) is 8.64. The number of unbranched alkanes of at least 4 members (excludes halogenated alkanes) is 9. The molecule has 0 amide bonds. The lowest BCUT2D eigenvalue weighted by Gasteiger charge is -2.14. The Morgan fingerprint density at radius 2 is 1.17 bits per heavy atom. The smallest absolute Gasteiger partial charge is 0.0417 e. The van der Waals surface area contributed by atoms with Gasteiger partial charge in [-0.3, -0.25) is 0 Å². The predicted molar refractivity (Wildman–Crippen MR) is 84.8 cm³/mol. The van der Waals surface area contributed by atoms with E-state index >= 15 is 0 Å². The Morgan fingerprint density at radius 3 is 1.67 bits per heavy atom. The van der Waals surface area contributed by atoms with E-state index < -0.39 is 0 Å². The van der Waals surface area contributed by atoms with Crippen molar-refractivity contribution in [2.75, 3.05) is 0 Å². The quantitative estimate of drug-likeness (QED) is 0.294. The van der Waals surface area contributed by atoms with Crippen molar-refractivity contribution in [3.05, 3.63) is 6.92 Å². The van der Waals surface area contributed by atoms with Crippen molar-refractivity contribution in [2.45, 2.75) is 104 Å². The molecule has 0 saturated heterocycles. The summed E-state index contributed by atoms with van der Waals surface area (Å²) in [6.45, 7) is 8.57. The molecule has 0 nitrogen and oxygen atoms in total. The molecule has 0 N–H and O–H groups in total. The molecule has 18 heavy (non-hydrogen) atoms. The summed E-state index contributed by atoms with van der Waals surface area (Å²) in [7, 11) is 0. The molecule has 1 radical (unpaired) electrons. The van der Waals surface area contributed by atoms with E-state index in [9.17, 15) is 0 Å². The minimum atomic E-state index is 1.01. The van der Waals surface area contributed by atoms with Gasteiger partial charge in [-0.25, -0.2) is 0 Å². The third kappa shape index (κ3) is 12.5. The monoisotopic (exact) mass is 253 g/mol. The standard InChI is InChI=1S/C18H37/c1-4-7-9-11-12-13-15-17-18(6-3)16-14-10-8-5-2/h18H,2,4-17H2,1,3H3. The molecule has 0 fully saturated rings. The molecule has 0 aliphatic rings. The second-order valence-electron chi connectivity index (χ2n) is 5.89. The van der Waals surface area contributed by atoms with Crippen LogP contribution in [-0.2, 0) is 0 Å². The Morgan fingerprint density at radius 1 is 0.667 bits per heavy atom. The summed E-state index contributed by atoms with van der Waals surface area (Å²) in [4.78, 5) is 0. The van der Waals surface area contributed by atoms with Crippen LogP contribution in [0.15, 0.2) is 0 Å². The zero-order valence-electron chi connectivity index (χ0n) is 13.2. The molecule has 109 valence electrons. The van der Waals surface area contributed by atoms with Crippen LogP contribution in [0.2, 0.25) is 0 Å². The molecular weight excluding hydrogens is 216 g/mol. The topological polar surface area (TPSA) is 0 Å². The van der Waals surface area contributed by atoms with Gasteiger partial charge in [-0.2, -0.15) is 0 Å². The number of hydrogen-bond donors (Lipinski definition) is 0. The van der Waals surface area contributed by atoms with Crippen LogP contribution < -0.4 is 0 Å². The molecule has 0 aliphatic carbocycles. The van der Waals surface area contributed by atoms with Crippen molar-refractivity contribution in [2.24, 2.45) is 5.92 Å². The zero-order chi connectivity index (χ0) is 13.5. The third-order valence-electron chi connectivity index (χ3n) is 4.16. The molecule has 0 aliphatic heterocycles. The fraction of sp³-hybridized carbons (Fsp3) is 0.944. The fourth-order valence-electron chi connectivity index (χ4n) is 2.73. The minimum Gasteiger partial charge on any atom is -0.0654 e. The highest BCUT2D eigenvalue weighted by molar-refractivity contribution is 4.59. The summed E-state index contributed by atoms with van der Waals surface area (Å²) in [5.74, 6) is 1.01. The molecular formula is C18H37. The lowest BCUT2D eigenvalue weighted by Crippen LogP contribution is -1.99. The van der Waals surface area contributed by atoms with Gasteiger partial charge in [0.15, 0.2) is 0 Å². The predicted octanol–water partition coefficient (Wildman–Crippen LogP) is 6.94. The van der Waals surface area contributed by atoms with Gasteiger partial charge < -0.3 is 0 Å². The summed E-state index contributed by atoms with van der Waals surface area (Å²) in [6, 6.07) is 0. The Kier molecular flexibility index (Phi) is 15.1. The second kappa shape index (κ2) is 15.1. The maximum Gasteiger partial charge on any atom is -0.0417 e. The average Bonchev–Trinajstić information content (AvgIpc) is 2.40. The van der Waals surface area contributed by atoms with Gasteiger partial charge in [0.2, 0.25) is 0 Å². The van der Waals surface area contributed by atoms with E-state index in [2.05, 4.69) is 20.8 Å². The average molecular weight is 253 g/mol. The van der Waals surface area contributed by atoms with Crippen molar-refractivity contribution < 1.29 is 0 Å². The summed E-state index contributed by atoms with van der Waals surface area (Å²) < 4.78 is 0. The maximum absolute atomic E-state index is 3.91. The summed E-state index contributed by atoms with van der Waals surface area (Å²) in [5, 5.41) is 0. The van der Waals surface area contributed by atoms with Gasteiger partial charge in [-0.05, 0) is 5.92 Å². The van der Waals surface area contributed by atoms with Gasteiger partial charge in [0, 0.05) is 0 Å². The van der Waals surface area contributed by atoms with Gasteiger partial charge in [-0.1, -0.05) is 111 Å². The molecule has 0 aromatic heterocycles. The van der Waals surface area contributed by atoms with Gasteiger partial charge in [0.1, 0.15) is 0 Å². The Hall–Kier alpha value is 0. The molecule has 0 spiro atoms. The van der Waals surface area contributed by atoms with E-state index in [1.165, 1.54) is 83.5 Å². The van der Waals surface area contributed by atoms with E-state index in [1.807, 2.05) is 0 Å². The van der Waals surface area contributed by atoms with E-state index in [4.69, 9.17) is 0 Å². The maximum atomic E-state index is 3.91. The Labute approximate surface area is 117 Å². The Balaban J connectivity index is 3.27. The minimum absolute atomic E-state index is 1.01. The highest BCUT2D eigenvalue weighted by Gasteiger charge is 2.05. The van der Waals surface area contributed by atoms with Crippen molar-refractivity contribution in [3.8, 4) is 0 Å². The lowest BCUT2D eigenvalue weighted by atomic mass is 9.92. The molecule has 0 saturated carbocycles. The molecule has 0 aromatic rings. The van der Waals surface area contributed by atoms with Crippen LogP contribution in [0.1, 0.15) is 104 Å². The highest BCUT2D eigenvalue weighted by Crippen LogP contribution is 2.21. The number of hydrogen-bond acceptors (Lipinski definition) is 0. The van der Waals surface area contributed by atoms with Crippen molar-refractivity contribution in [1.82, 2.24) is 0 Å². The lowest BCUT2D eigenvalue weighted by molar-refractivity contribution is 0.394. The largest absolute Gasteiger partial charge is 0.0654 e. The first-order valence-corrected chi connectivity index (χ1v) is 8.64. The van der Waals surface area contributed by atoms with Crippen molar-refractivity contribution in [3.63, 3.8) is 0 Å². The van der Waals surface area contributed by atoms with Crippen LogP contribution in [0.25, 0.3) is 0 Å². The van der Waals surface area contributed by atoms with Crippen molar-refractivity contribution in [1.29, 1.82) is 0 Å². The number of rotatable bonds is 14. The van der Waals surface area contributed by atoms with Crippen LogP contribution >= 0.6 is 0 Å². The highest BCUT2D eigenvalue weighted by atomic mass is 14.1. The molecule has 0 aromatic carbocycles. The Bertz CT molecular complexity index is 139. The normalized spacial score (nSPS) is 12.8. The van der Waals surface area contributed by atoms with Crippen LogP contribution in [-0.4, -0.2) is 0 Å². The fourth-order valence-corrected chi connectivity index (χ4v) is 2.73. The SMILES string of the molecule is [CH2]CCCCCC(CC)CCCCCCCCC. The van der Waals surface area contributed by atoms with Gasteiger partial charge in [0.25, 0.3) is 0 Å². The van der Waals surface area contributed by atoms with E-state index in [-0.39, 0.29) is 0 Å². The van der Waals surface area contributed by atoms with Gasteiger partial charge in [-0.15, -0.1) is 0 Å². The molecule has 0 heterocycles. The van der Waals surface area contributed by atoms with E-state index in [0.717, 1.165) is 12.3 Å².